The average Bonchev–Trinajstić information content (AvgIpc) is 3.16. The Kier molecular flexibility index (Phi) is 5.99. The van der Waals surface area contributed by atoms with E-state index in [0.29, 0.717) is 40.7 Å². The first kappa shape index (κ1) is 23.3. The molecule has 3 N–H and O–H groups in total. The summed E-state index contributed by atoms with van der Waals surface area (Å²) in [6.45, 7) is 7.16. The number of aryl methyl sites for hydroxylation is 2. The number of hydrogen-bond donors (Lipinski definition) is 2. The molecule has 5 rings (SSSR count). The highest BCUT2D eigenvalue weighted by Gasteiger charge is 2.31. The molecule has 0 aliphatic carbocycles. The lowest BCUT2D eigenvalue weighted by Gasteiger charge is -2.35. The zero-order valence-electron chi connectivity index (χ0n) is 19.9. The highest BCUT2D eigenvalue weighted by Crippen LogP contribution is 2.37. The quantitative estimate of drug-likeness (QED) is 0.576. The molecular formula is C25H27FN6O2S. The van der Waals surface area contributed by atoms with E-state index in [4.69, 9.17) is 10.5 Å². The molecule has 8 nitrogen and oxygen atoms in total. The van der Waals surface area contributed by atoms with Crippen LogP contribution in [0.3, 0.4) is 0 Å². The van der Waals surface area contributed by atoms with Crippen molar-refractivity contribution in [3.05, 3.63) is 45.2 Å². The number of benzene rings is 1. The Morgan fingerprint density at radius 1 is 1.31 bits per heavy atom. The lowest BCUT2D eigenvalue weighted by atomic mass is 9.97. The number of likely N-dealkylation sites (N-methyl/N-ethyl adjacent to an activating group) is 1. The summed E-state index contributed by atoms with van der Waals surface area (Å²) >= 11 is 1.25. The Balaban J connectivity index is 1.38. The average molecular weight is 495 g/mol. The van der Waals surface area contributed by atoms with Gasteiger partial charge in [0.1, 0.15) is 39.5 Å². The summed E-state index contributed by atoms with van der Waals surface area (Å²) in [4.78, 5) is 22.9. The molecule has 0 unspecified atom stereocenters. The van der Waals surface area contributed by atoms with Gasteiger partial charge in [-0.1, -0.05) is 0 Å². The highest BCUT2D eigenvalue weighted by molar-refractivity contribution is 7.21. The second kappa shape index (κ2) is 8.98. The second-order valence-corrected chi connectivity index (χ2v) is 10.3. The molecule has 10 heteroatoms. The first-order valence-corrected chi connectivity index (χ1v) is 12.4. The van der Waals surface area contributed by atoms with Crippen LogP contribution in [-0.4, -0.2) is 61.7 Å². The van der Waals surface area contributed by atoms with Gasteiger partial charge in [-0.15, -0.1) is 11.3 Å². The molecule has 2 aliphatic heterocycles. The smallest absolute Gasteiger partial charge is 0.263 e. The van der Waals surface area contributed by atoms with Gasteiger partial charge in [0.25, 0.3) is 5.91 Å². The number of aromatic nitrogens is 1. The Hall–Kier alpha value is -3.42. The van der Waals surface area contributed by atoms with Crippen LogP contribution in [0.5, 0.6) is 5.75 Å². The van der Waals surface area contributed by atoms with Crippen LogP contribution >= 0.6 is 11.3 Å². The van der Waals surface area contributed by atoms with Crippen LogP contribution in [0.25, 0.3) is 10.2 Å². The molecule has 2 aliphatic rings. The molecule has 182 valence electrons. The van der Waals surface area contributed by atoms with E-state index in [2.05, 4.69) is 15.2 Å². The molecule has 1 atom stereocenters. The number of nitriles is 1. The maximum absolute atomic E-state index is 15.5. The number of ether oxygens (including phenoxy) is 1. The van der Waals surface area contributed by atoms with Gasteiger partial charge in [0.15, 0.2) is 0 Å². The zero-order valence-corrected chi connectivity index (χ0v) is 20.8. The van der Waals surface area contributed by atoms with E-state index in [1.807, 2.05) is 37.9 Å². The molecule has 1 amide bonds. The number of rotatable bonds is 3. The van der Waals surface area contributed by atoms with E-state index in [9.17, 15) is 10.1 Å². The summed E-state index contributed by atoms with van der Waals surface area (Å²) in [7, 11) is 2.04. The van der Waals surface area contributed by atoms with Gasteiger partial charge in [0.05, 0.1) is 17.4 Å². The summed E-state index contributed by atoms with van der Waals surface area (Å²) in [5.41, 5.74) is 9.44. The van der Waals surface area contributed by atoms with Gasteiger partial charge < -0.3 is 25.6 Å². The number of carbonyl (C=O) groups excluding carboxylic acids is 1. The van der Waals surface area contributed by atoms with Gasteiger partial charge in [-0.2, -0.15) is 5.26 Å². The number of nitrogens with zero attached hydrogens (tertiary/aromatic N) is 4. The standard InChI is InChI=1S/C25H27FN6O2S/c1-13-8-14(2)29-25-20(13)22(28)23(35-25)24(33)30-15-9-16-19(34-12-15)10-18(17(11-27)21(16)26)32-6-4-31(3)5-7-32/h8,10,15H,4-7,9,12,28H2,1-3H3,(H,30,33)/t15-/m1/s1. The van der Waals surface area contributed by atoms with Crippen molar-refractivity contribution in [2.24, 2.45) is 0 Å². The maximum atomic E-state index is 15.5. The number of hydrogen-bond acceptors (Lipinski definition) is 8. The number of nitrogen functional groups attached to an aromatic ring is 1. The highest BCUT2D eigenvalue weighted by atomic mass is 32.1. The molecule has 3 aromatic rings. The third kappa shape index (κ3) is 4.15. The number of nitrogens with two attached hydrogens (primary N) is 1. The normalized spacial score (nSPS) is 18.1. The van der Waals surface area contributed by atoms with Crippen LogP contribution < -0.4 is 20.7 Å². The minimum atomic E-state index is -0.574. The number of amides is 1. The van der Waals surface area contributed by atoms with Crippen molar-refractivity contribution >= 4 is 38.8 Å². The first-order chi connectivity index (χ1) is 16.8. The SMILES string of the molecule is Cc1cc(C)c2c(N)c(C(=O)N[C@H]3COc4cc(N5CCN(C)CC5)c(C#N)c(F)c4C3)sc2n1. The van der Waals surface area contributed by atoms with Gasteiger partial charge in [-0.3, -0.25) is 4.79 Å². The van der Waals surface area contributed by atoms with Crippen molar-refractivity contribution in [2.45, 2.75) is 26.3 Å². The van der Waals surface area contributed by atoms with E-state index in [-0.39, 0.29) is 24.5 Å². The fourth-order valence-corrected chi connectivity index (χ4v) is 5.97. The molecule has 0 radical (unpaired) electrons. The predicted octanol–water partition coefficient (Wildman–Crippen LogP) is 2.99. The van der Waals surface area contributed by atoms with Crippen molar-refractivity contribution in [3.8, 4) is 11.8 Å². The number of nitrogens with one attached hydrogen (secondary N) is 1. The summed E-state index contributed by atoms with van der Waals surface area (Å²) in [6, 6.07) is 5.29. The molecule has 0 bridgehead atoms. The molecule has 4 heterocycles. The third-order valence-electron chi connectivity index (χ3n) is 6.72. The van der Waals surface area contributed by atoms with Crippen LogP contribution in [0.2, 0.25) is 0 Å². The van der Waals surface area contributed by atoms with Gasteiger partial charge in [0.2, 0.25) is 0 Å². The second-order valence-electron chi connectivity index (χ2n) is 9.25. The fraction of sp³-hybridized carbons (Fsp3) is 0.400. The van der Waals surface area contributed by atoms with E-state index < -0.39 is 11.9 Å². The first-order valence-electron chi connectivity index (χ1n) is 11.6. The van der Waals surface area contributed by atoms with Gasteiger partial charge in [0, 0.05) is 55.3 Å². The van der Waals surface area contributed by atoms with E-state index in [0.717, 1.165) is 34.6 Å². The molecule has 35 heavy (non-hydrogen) atoms. The zero-order chi connectivity index (χ0) is 24.9. The topological polar surface area (TPSA) is 108 Å². The van der Waals surface area contributed by atoms with Crippen LogP contribution in [0, 0.1) is 31.0 Å². The van der Waals surface area contributed by atoms with Gasteiger partial charge in [-0.25, -0.2) is 9.37 Å². The molecule has 1 saturated heterocycles. The van der Waals surface area contributed by atoms with Crippen LogP contribution in [0.1, 0.15) is 32.1 Å². The molecule has 1 aromatic carbocycles. The van der Waals surface area contributed by atoms with E-state index in [1.165, 1.54) is 11.3 Å². The molecular weight excluding hydrogens is 467 g/mol. The van der Waals surface area contributed by atoms with Crippen molar-refractivity contribution < 1.29 is 13.9 Å². The summed E-state index contributed by atoms with van der Waals surface area (Å²) in [5, 5.41) is 13.5. The van der Waals surface area contributed by atoms with E-state index in [1.54, 1.807) is 6.07 Å². The summed E-state index contributed by atoms with van der Waals surface area (Å²) in [6.07, 6.45) is 0.228. The summed E-state index contributed by atoms with van der Waals surface area (Å²) < 4.78 is 21.4. The number of halogens is 1. The minimum Gasteiger partial charge on any atom is -0.491 e. The third-order valence-corrected chi connectivity index (χ3v) is 7.82. The predicted molar refractivity (Wildman–Crippen MR) is 135 cm³/mol. The Morgan fingerprint density at radius 2 is 2.06 bits per heavy atom. The Bertz CT molecular complexity index is 1370. The monoisotopic (exact) mass is 494 g/mol. The number of thiophene rings is 1. The summed E-state index contributed by atoms with van der Waals surface area (Å²) in [5.74, 6) is -0.485. The lowest BCUT2D eigenvalue weighted by molar-refractivity contribution is 0.0919. The van der Waals surface area contributed by atoms with Gasteiger partial charge in [-0.05, 0) is 32.5 Å². The molecule has 0 saturated carbocycles. The van der Waals surface area contributed by atoms with Crippen molar-refractivity contribution in [2.75, 3.05) is 50.5 Å². The van der Waals surface area contributed by atoms with Crippen molar-refractivity contribution in [3.63, 3.8) is 0 Å². The minimum absolute atomic E-state index is 0.0227. The number of carbonyl (C=O) groups is 1. The van der Waals surface area contributed by atoms with Gasteiger partial charge >= 0.3 is 0 Å². The van der Waals surface area contributed by atoms with Crippen LogP contribution in [0.15, 0.2) is 12.1 Å². The number of piperazine rings is 1. The molecule has 2 aromatic heterocycles. The largest absolute Gasteiger partial charge is 0.491 e. The Labute approximate surface area is 207 Å². The van der Waals surface area contributed by atoms with Crippen molar-refractivity contribution in [1.29, 1.82) is 5.26 Å². The van der Waals surface area contributed by atoms with E-state index >= 15 is 4.39 Å². The molecule has 1 fully saturated rings. The number of fused-ring (bicyclic) bond motifs is 2. The van der Waals surface area contributed by atoms with Crippen molar-refractivity contribution in [1.82, 2.24) is 15.2 Å². The van der Waals surface area contributed by atoms with Crippen LogP contribution in [-0.2, 0) is 6.42 Å². The number of pyridine rings is 1. The fourth-order valence-electron chi connectivity index (χ4n) is 4.85. The van der Waals surface area contributed by atoms with Crippen LogP contribution in [0.4, 0.5) is 15.8 Å². The lowest BCUT2D eigenvalue weighted by Crippen LogP contribution is -2.45. The molecule has 0 spiro atoms. The Morgan fingerprint density at radius 3 is 2.77 bits per heavy atom. The maximum Gasteiger partial charge on any atom is 0.263 e. The number of anilines is 2.